The quantitative estimate of drug-likeness (QED) is 0.521. The normalized spacial score (nSPS) is 13.7. The molecule has 1 N–H and O–H groups in total. The molecule has 1 fully saturated rings. The molecule has 2 aromatic rings. The van der Waals surface area contributed by atoms with Gasteiger partial charge in [-0.15, -0.1) is 0 Å². The number of hydrogen-bond acceptors (Lipinski definition) is 5. The van der Waals surface area contributed by atoms with E-state index in [0.717, 1.165) is 23.2 Å². The van der Waals surface area contributed by atoms with Gasteiger partial charge >= 0.3 is 0 Å². The molecule has 0 saturated carbocycles. The second kappa shape index (κ2) is 10.0. The lowest BCUT2D eigenvalue weighted by atomic mass is 10.2. The van der Waals surface area contributed by atoms with Crippen LogP contribution in [0.15, 0.2) is 24.3 Å². The van der Waals surface area contributed by atoms with Crippen LogP contribution in [0.3, 0.4) is 0 Å². The lowest BCUT2D eigenvalue weighted by molar-refractivity contribution is -0.133. The molecule has 1 saturated heterocycles. The molecule has 1 amide bonds. The summed E-state index contributed by atoms with van der Waals surface area (Å²) in [6.07, 6.45) is 4.03. The first kappa shape index (κ1) is 22.9. The molecular formula is C21H26ClN5O3S. The molecule has 1 aromatic carbocycles. The number of aromatic nitrogens is 2. The molecule has 0 unspecified atom stereocenters. The Morgan fingerprint density at radius 3 is 2.68 bits per heavy atom. The number of para-hydroxylation sites is 1. The van der Waals surface area contributed by atoms with Gasteiger partial charge in [0, 0.05) is 43.9 Å². The third kappa shape index (κ3) is 4.94. The van der Waals surface area contributed by atoms with E-state index >= 15 is 0 Å². The van der Waals surface area contributed by atoms with Gasteiger partial charge in [0.2, 0.25) is 0 Å². The number of aryl methyl sites for hydroxylation is 2. The van der Waals surface area contributed by atoms with E-state index in [-0.39, 0.29) is 5.91 Å². The van der Waals surface area contributed by atoms with Crippen LogP contribution >= 0.6 is 23.8 Å². The van der Waals surface area contributed by atoms with Crippen molar-refractivity contribution in [2.24, 2.45) is 7.05 Å². The zero-order chi connectivity index (χ0) is 22.5. The summed E-state index contributed by atoms with van der Waals surface area (Å²) >= 11 is 11.8. The highest BCUT2D eigenvalue weighted by Gasteiger charge is 2.27. The van der Waals surface area contributed by atoms with E-state index in [1.54, 1.807) is 42.0 Å². The maximum Gasteiger partial charge on any atom is 0.265 e. The molecule has 10 heteroatoms. The van der Waals surface area contributed by atoms with Gasteiger partial charge in [0.05, 0.1) is 19.9 Å². The largest absolute Gasteiger partial charge is 0.493 e. The Labute approximate surface area is 192 Å². The molecule has 3 rings (SSSR count). The summed E-state index contributed by atoms with van der Waals surface area (Å²) < 4.78 is 12.4. The summed E-state index contributed by atoms with van der Waals surface area (Å²) in [7, 11) is 4.96. The first-order valence-corrected chi connectivity index (χ1v) is 10.6. The molecule has 2 heterocycles. The molecule has 0 spiro atoms. The van der Waals surface area contributed by atoms with Gasteiger partial charge < -0.3 is 14.8 Å². The summed E-state index contributed by atoms with van der Waals surface area (Å²) in [4.78, 5) is 12.8. The molecule has 0 aliphatic carbocycles. The van der Waals surface area contributed by atoms with Crippen molar-refractivity contribution in [2.45, 2.75) is 19.9 Å². The number of ether oxygens (including phenoxy) is 2. The molecule has 0 atom stereocenters. The van der Waals surface area contributed by atoms with Crippen LogP contribution in [-0.4, -0.2) is 58.1 Å². The predicted octanol–water partition coefficient (Wildman–Crippen LogP) is 2.94. The van der Waals surface area contributed by atoms with Crippen molar-refractivity contribution in [3.05, 3.63) is 46.2 Å². The van der Waals surface area contributed by atoms with Crippen molar-refractivity contribution in [2.75, 3.05) is 27.3 Å². The van der Waals surface area contributed by atoms with E-state index in [0.29, 0.717) is 41.4 Å². The zero-order valence-corrected chi connectivity index (χ0v) is 19.6. The fourth-order valence-electron chi connectivity index (χ4n) is 3.48. The molecule has 0 radical (unpaired) electrons. The van der Waals surface area contributed by atoms with Crippen molar-refractivity contribution in [3.8, 4) is 11.5 Å². The van der Waals surface area contributed by atoms with Crippen LogP contribution in [0.2, 0.25) is 5.15 Å². The standard InChI is InChI=1S/C21H26ClN5O3S/c1-14-16(20(22)25(2)24-14)9-10-18(28)26-11-6-12-27(26)21(31)23-13-15-7-5-8-17(29-3)19(15)30-4/h5,7-10H,6,11-13H2,1-4H3,(H,23,31)/b10-9+. The summed E-state index contributed by atoms with van der Waals surface area (Å²) in [5.74, 6) is 1.14. The van der Waals surface area contributed by atoms with Gasteiger partial charge in [0.15, 0.2) is 16.6 Å². The number of hydrazine groups is 1. The number of rotatable bonds is 6. The average molecular weight is 464 g/mol. The van der Waals surface area contributed by atoms with E-state index in [2.05, 4.69) is 10.4 Å². The highest BCUT2D eigenvalue weighted by atomic mass is 35.5. The summed E-state index contributed by atoms with van der Waals surface area (Å²) in [5.41, 5.74) is 2.40. The fraction of sp³-hybridized carbons (Fsp3) is 0.381. The van der Waals surface area contributed by atoms with Crippen molar-refractivity contribution >= 4 is 40.9 Å². The van der Waals surface area contributed by atoms with Gasteiger partial charge in [0.25, 0.3) is 5.91 Å². The summed E-state index contributed by atoms with van der Waals surface area (Å²) in [6.45, 7) is 3.54. The summed E-state index contributed by atoms with van der Waals surface area (Å²) in [6, 6.07) is 5.67. The number of carbonyl (C=O) groups is 1. The van der Waals surface area contributed by atoms with Gasteiger partial charge in [-0.2, -0.15) is 5.10 Å². The van der Waals surface area contributed by atoms with Crippen molar-refractivity contribution < 1.29 is 14.3 Å². The van der Waals surface area contributed by atoms with E-state index in [9.17, 15) is 4.79 Å². The zero-order valence-electron chi connectivity index (χ0n) is 18.0. The number of halogens is 1. The Morgan fingerprint density at radius 2 is 2.03 bits per heavy atom. The third-order valence-electron chi connectivity index (χ3n) is 5.02. The number of nitrogens with zero attached hydrogens (tertiary/aromatic N) is 4. The molecule has 8 nitrogen and oxygen atoms in total. The van der Waals surface area contributed by atoms with Crippen LogP contribution in [0.25, 0.3) is 6.08 Å². The van der Waals surface area contributed by atoms with E-state index in [1.807, 2.05) is 25.1 Å². The number of methoxy groups -OCH3 is 2. The maximum absolute atomic E-state index is 12.8. The van der Waals surface area contributed by atoms with Crippen molar-refractivity contribution in [1.82, 2.24) is 25.1 Å². The van der Waals surface area contributed by atoms with Gasteiger partial charge in [0.1, 0.15) is 5.15 Å². The fourth-order valence-corrected chi connectivity index (χ4v) is 3.98. The Balaban J connectivity index is 1.66. The first-order chi connectivity index (χ1) is 14.9. The second-order valence-corrected chi connectivity index (χ2v) is 7.74. The lowest BCUT2D eigenvalue weighted by Gasteiger charge is -2.29. The monoisotopic (exact) mass is 463 g/mol. The third-order valence-corrected chi connectivity index (χ3v) is 5.83. The van der Waals surface area contributed by atoms with Gasteiger partial charge in [-0.3, -0.25) is 14.5 Å². The van der Waals surface area contributed by atoms with Crippen LogP contribution < -0.4 is 14.8 Å². The van der Waals surface area contributed by atoms with Crippen LogP contribution in [-0.2, 0) is 18.4 Å². The van der Waals surface area contributed by atoms with Crippen LogP contribution in [0, 0.1) is 6.92 Å². The second-order valence-electron chi connectivity index (χ2n) is 7.00. The highest BCUT2D eigenvalue weighted by Crippen LogP contribution is 2.30. The number of amides is 1. The van der Waals surface area contributed by atoms with Crippen LogP contribution in [0.4, 0.5) is 0 Å². The van der Waals surface area contributed by atoms with Crippen molar-refractivity contribution in [1.29, 1.82) is 0 Å². The van der Waals surface area contributed by atoms with Gasteiger partial charge in [-0.05, 0) is 37.7 Å². The Bertz CT molecular complexity index is 1010. The van der Waals surface area contributed by atoms with Crippen LogP contribution in [0.5, 0.6) is 11.5 Å². The minimum Gasteiger partial charge on any atom is -0.493 e. The number of carbonyl (C=O) groups excluding carboxylic acids is 1. The Morgan fingerprint density at radius 1 is 1.29 bits per heavy atom. The number of hydrogen-bond donors (Lipinski definition) is 1. The maximum atomic E-state index is 12.8. The predicted molar refractivity (Wildman–Crippen MR) is 124 cm³/mol. The molecule has 1 aliphatic rings. The van der Waals surface area contributed by atoms with Gasteiger partial charge in [-0.25, -0.2) is 5.01 Å². The van der Waals surface area contributed by atoms with Crippen molar-refractivity contribution in [3.63, 3.8) is 0 Å². The molecular weight excluding hydrogens is 438 g/mol. The SMILES string of the molecule is COc1cccc(CNC(=S)N2CCCN2C(=O)/C=C/c2c(C)nn(C)c2Cl)c1OC. The Hall–Kier alpha value is -2.78. The lowest BCUT2D eigenvalue weighted by Crippen LogP contribution is -2.48. The van der Waals surface area contributed by atoms with E-state index < -0.39 is 0 Å². The smallest absolute Gasteiger partial charge is 0.265 e. The Kier molecular flexibility index (Phi) is 7.40. The minimum absolute atomic E-state index is 0.167. The average Bonchev–Trinajstić information content (AvgIpc) is 3.35. The molecule has 1 aliphatic heterocycles. The van der Waals surface area contributed by atoms with E-state index in [1.165, 1.54) is 6.08 Å². The first-order valence-electron chi connectivity index (χ1n) is 9.81. The number of thiocarbonyl (C=S) groups is 1. The number of benzene rings is 1. The minimum atomic E-state index is -0.167. The molecule has 166 valence electrons. The molecule has 31 heavy (non-hydrogen) atoms. The highest BCUT2D eigenvalue weighted by molar-refractivity contribution is 7.80. The molecule has 0 bridgehead atoms. The molecule has 1 aromatic heterocycles. The van der Waals surface area contributed by atoms with Gasteiger partial charge in [-0.1, -0.05) is 23.7 Å². The topological polar surface area (TPSA) is 71.9 Å². The number of nitrogens with one attached hydrogen (secondary N) is 1. The van der Waals surface area contributed by atoms with Crippen LogP contribution in [0.1, 0.15) is 23.2 Å². The van der Waals surface area contributed by atoms with E-state index in [4.69, 9.17) is 33.3 Å². The summed E-state index contributed by atoms with van der Waals surface area (Å²) in [5, 5.41) is 11.9.